The first-order chi connectivity index (χ1) is 14.1. The van der Waals surface area contributed by atoms with E-state index in [-0.39, 0.29) is 17.4 Å². The number of rotatable bonds is 7. The van der Waals surface area contributed by atoms with Gasteiger partial charge in [-0.05, 0) is 35.9 Å². The number of carbonyl (C=O) groups is 2. The zero-order valence-corrected chi connectivity index (χ0v) is 17.0. The molecule has 4 nitrogen and oxygen atoms in total. The number of nitrogens with zero attached hydrogens (tertiary/aromatic N) is 1. The van der Waals surface area contributed by atoms with E-state index in [2.05, 4.69) is 11.4 Å². The van der Waals surface area contributed by atoms with Gasteiger partial charge in [-0.3, -0.25) is 9.59 Å². The molecule has 6 heteroatoms. The Bertz CT molecular complexity index is 1080. The number of thioether (sulfide) groups is 1. The van der Waals surface area contributed by atoms with Gasteiger partial charge in [0.05, 0.1) is 23.1 Å². The van der Waals surface area contributed by atoms with Crippen LogP contribution in [0.1, 0.15) is 27.0 Å². The average molecular weight is 421 g/mol. The maximum Gasteiger partial charge on any atom is 0.234 e. The summed E-state index contributed by atoms with van der Waals surface area (Å²) in [5.74, 6) is 0.415. The van der Waals surface area contributed by atoms with Gasteiger partial charge in [0.15, 0.2) is 5.78 Å². The van der Waals surface area contributed by atoms with Crippen LogP contribution in [-0.4, -0.2) is 17.4 Å². The van der Waals surface area contributed by atoms with Crippen molar-refractivity contribution in [1.82, 2.24) is 0 Å². The molecule has 0 saturated carbocycles. The second-order valence-electron chi connectivity index (χ2n) is 6.24. The summed E-state index contributed by atoms with van der Waals surface area (Å²) in [6, 6.07) is 23.1. The van der Waals surface area contributed by atoms with Gasteiger partial charge >= 0.3 is 0 Å². The first-order valence-electron chi connectivity index (χ1n) is 8.83. The van der Waals surface area contributed by atoms with E-state index in [1.807, 2.05) is 18.2 Å². The lowest BCUT2D eigenvalue weighted by Crippen LogP contribution is -2.17. The van der Waals surface area contributed by atoms with E-state index in [1.165, 1.54) is 11.8 Å². The molecule has 0 atom stereocenters. The zero-order valence-electron chi connectivity index (χ0n) is 15.4. The predicted octanol–water partition coefficient (Wildman–Crippen LogP) is 5.31. The largest absolute Gasteiger partial charge is 0.325 e. The molecule has 0 unspecified atom stereocenters. The quantitative estimate of drug-likeness (QED) is 0.525. The summed E-state index contributed by atoms with van der Waals surface area (Å²) in [5.41, 5.74) is 2.88. The van der Waals surface area contributed by atoms with Crippen molar-refractivity contribution in [2.24, 2.45) is 0 Å². The van der Waals surface area contributed by atoms with Gasteiger partial charge in [0.1, 0.15) is 0 Å². The monoisotopic (exact) mass is 420 g/mol. The van der Waals surface area contributed by atoms with E-state index < -0.39 is 0 Å². The fraction of sp³-hybridized carbons (Fsp3) is 0.0870. The molecule has 144 valence electrons. The number of hydrogen-bond acceptors (Lipinski definition) is 4. The molecule has 0 aliphatic heterocycles. The van der Waals surface area contributed by atoms with Crippen molar-refractivity contribution in [1.29, 1.82) is 5.26 Å². The van der Waals surface area contributed by atoms with Crippen LogP contribution < -0.4 is 5.32 Å². The molecule has 0 fully saturated rings. The number of nitriles is 1. The van der Waals surface area contributed by atoms with Crippen LogP contribution in [0.2, 0.25) is 5.02 Å². The Morgan fingerprint density at radius 3 is 2.55 bits per heavy atom. The Morgan fingerprint density at radius 1 is 1.00 bits per heavy atom. The van der Waals surface area contributed by atoms with E-state index >= 15 is 0 Å². The minimum absolute atomic E-state index is 0.204. The molecule has 0 radical (unpaired) electrons. The molecular weight excluding hydrogens is 404 g/mol. The molecule has 0 spiro atoms. The lowest BCUT2D eigenvalue weighted by atomic mass is 10.0. The smallest absolute Gasteiger partial charge is 0.234 e. The summed E-state index contributed by atoms with van der Waals surface area (Å²) in [4.78, 5) is 25.2. The molecule has 3 rings (SSSR count). The van der Waals surface area contributed by atoms with Crippen LogP contribution in [-0.2, 0) is 10.5 Å². The van der Waals surface area contributed by atoms with Gasteiger partial charge in [0.2, 0.25) is 5.91 Å². The van der Waals surface area contributed by atoms with Crippen LogP contribution in [0, 0.1) is 11.3 Å². The van der Waals surface area contributed by atoms with Crippen LogP contribution in [0.5, 0.6) is 0 Å². The third-order valence-corrected chi connectivity index (χ3v) is 5.33. The summed E-state index contributed by atoms with van der Waals surface area (Å²) in [7, 11) is 0. The summed E-state index contributed by atoms with van der Waals surface area (Å²) in [6.07, 6.45) is 0. The molecule has 1 amide bonds. The standard InChI is InChI=1S/C23H17ClN2O2S/c24-19-9-10-21(20(12-19)23(28)18-7-2-1-3-8-18)26-22(27)15-29-14-17-6-4-5-16(11-17)13-25/h1-12H,14-15H2,(H,26,27). The Balaban J connectivity index is 1.66. The summed E-state index contributed by atoms with van der Waals surface area (Å²) in [5, 5.41) is 12.2. The first-order valence-corrected chi connectivity index (χ1v) is 10.4. The van der Waals surface area contributed by atoms with Crippen molar-refractivity contribution in [3.05, 3.63) is 100 Å². The topological polar surface area (TPSA) is 70.0 Å². The predicted molar refractivity (Wildman–Crippen MR) is 117 cm³/mol. The van der Waals surface area contributed by atoms with Crippen molar-refractivity contribution in [2.45, 2.75) is 5.75 Å². The van der Waals surface area contributed by atoms with E-state index in [1.54, 1.807) is 54.6 Å². The number of hydrogen-bond donors (Lipinski definition) is 1. The molecule has 0 saturated heterocycles. The number of amides is 1. The van der Waals surface area contributed by atoms with Crippen LogP contribution in [0.25, 0.3) is 0 Å². The number of ketones is 1. The molecule has 3 aromatic rings. The van der Waals surface area contributed by atoms with Crippen LogP contribution in [0.3, 0.4) is 0 Å². The number of carbonyl (C=O) groups excluding carboxylic acids is 2. The maximum absolute atomic E-state index is 12.8. The van der Waals surface area contributed by atoms with Crippen LogP contribution in [0.15, 0.2) is 72.8 Å². The van der Waals surface area contributed by atoms with Gasteiger partial charge in [-0.2, -0.15) is 5.26 Å². The fourth-order valence-electron chi connectivity index (χ4n) is 2.74. The minimum atomic E-state index is -0.212. The second-order valence-corrected chi connectivity index (χ2v) is 7.66. The molecule has 3 aromatic carbocycles. The van der Waals surface area contributed by atoms with Crippen molar-refractivity contribution < 1.29 is 9.59 Å². The molecule has 0 aliphatic rings. The maximum atomic E-state index is 12.8. The van der Waals surface area contributed by atoms with Gasteiger partial charge in [-0.15, -0.1) is 11.8 Å². The average Bonchev–Trinajstić information content (AvgIpc) is 2.75. The van der Waals surface area contributed by atoms with Gasteiger partial charge < -0.3 is 5.32 Å². The number of anilines is 1. The SMILES string of the molecule is N#Cc1cccc(CSCC(=O)Nc2ccc(Cl)cc2C(=O)c2ccccc2)c1. The Hall–Kier alpha value is -3.07. The van der Waals surface area contributed by atoms with Crippen molar-refractivity contribution in [3.8, 4) is 6.07 Å². The summed E-state index contributed by atoms with van der Waals surface area (Å²) < 4.78 is 0. The number of benzene rings is 3. The van der Waals surface area contributed by atoms with Crippen LogP contribution >= 0.6 is 23.4 Å². The minimum Gasteiger partial charge on any atom is -0.325 e. The Kier molecular flexibility index (Phi) is 7.07. The Morgan fingerprint density at radius 2 is 1.79 bits per heavy atom. The first kappa shape index (κ1) is 20.7. The molecule has 0 bridgehead atoms. The Labute approximate surface area is 178 Å². The highest BCUT2D eigenvalue weighted by Crippen LogP contribution is 2.24. The summed E-state index contributed by atoms with van der Waals surface area (Å²) in [6.45, 7) is 0. The summed E-state index contributed by atoms with van der Waals surface area (Å²) >= 11 is 7.50. The molecule has 0 aliphatic carbocycles. The van der Waals surface area contributed by atoms with Crippen molar-refractivity contribution >= 4 is 40.7 Å². The molecule has 0 aromatic heterocycles. The highest BCUT2D eigenvalue weighted by molar-refractivity contribution is 7.99. The second kappa shape index (κ2) is 9.92. The molecular formula is C23H17ClN2O2S. The van der Waals surface area contributed by atoms with Crippen molar-refractivity contribution in [2.75, 3.05) is 11.1 Å². The van der Waals surface area contributed by atoms with Crippen molar-refractivity contribution in [3.63, 3.8) is 0 Å². The van der Waals surface area contributed by atoms with E-state index in [0.717, 1.165) is 5.56 Å². The number of nitrogens with one attached hydrogen (secondary N) is 1. The number of halogens is 1. The van der Waals surface area contributed by atoms with Gasteiger partial charge in [-0.25, -0.2) is 0 Å². The molecule has 29 heavy (non-hydrogen) atoms. The third-order valence-electron chi connectivity index (χ3n) is 4.09. The van der Waals surface area contributed by atoms with Gasteiger partial charge in [0, 0.05) is 21.9 Å². The normalized spacial score (nSPS) is 10.2. The van der Waals surface area contributed by atoms with E-state index in [0.29, 0.717) is 33.2 Å². The van der Waals surface area contributed by atoms with Gasteiger partial charge in [-0.1, -0.05) is 54.1 Å². The van der Waals surface area contributed by atoms with E-state index in [4.69, 9.17) is 16.9 Å². The zero-order chi connectivity index (χ0) is 20.6. The van der Waals surface area contributed by atoms with E-state index in [9.17, 15) is 9.59 Å². The molecule has 0 heterocycles. The third kappa shape index (κ3) is 5.71. The highest BCUT2D eigenvalue weighted by atomic mass is 35.5. The lowest BCUT2D eigenvalue weighted by molar-refractivity contribution is -0.113. The highest BCUT2D eigenvalue weighted by Gasteiger charge is 2.16. The van der Waals surface area contributed by atoms with Crippen LogP contribution in [0.4, 0.5) is 5.69 Å². The fourth-order valence-corrected chi connectivity index (χ4v) is 3.68. The van der Waals surface area contributed by atoms with Gasteiger partial charge in [0.25, 0.3) is 0 Å². The lowest BCUT2D eigenvalue weighted by Gasteiger charge is -2.11. The molecule has 1 N–H and O–H groups in total.